The van der Waals surface area contributed by atoms with Crippen molar-refractivity contribution < 1.29 is 0 Å². The standard InChI is InChI=1S/C26H16N10/c1-2-6-18(20-8-4-10-22(34-20)36-16-32-24-26(36)30-14-12-28-24)17(5-1)19-7-3-9-21(33-19)35-15-31-23-25(35)29-13-11-27-23/h1-16H. The molecule has 0 atom stereocenters. The molecule has 6 heterocycles. The first-order chi connectivity index (χ1) is 17.8. The van der Waals surface area contributed by atoms with Gasteiger partial charge in [0.15, 0.2) is 22.6 Å². The molecule has 0 saturated carbocycles. The van der Waals surface area contributed by atoms with Crippen molar-refractivity contribution in [1.82, 2.24) is 49.0 Å². The molecule has 7 rings (SSSR count). The lowest BCUT2D eigenvalue weighted by Crippen LogP contribution is -2.00. The van der Waals surface area contributed by atoms with Gasteiger partial charge in [0.1, 0.15) is 24.3 Å². The van der Waals surface area contributed by atoms with Gasteiger partial charge in [-0.05, 0) is 24.3 Å². The summed E-state index contributed by atoms with van der Waals surface area (Å²) in [6, 6.07) is 19.8. The van der Waals surface area contributed by atoms with E-state index < -0.39 is 0 Å². The Morgan fingerprint density at radius 1 is 0.444 bits per heavy atom. The maximum Gasteiger partial charge on any atom is 0.197 e. The van der Waals surface area contributed by atoms with Gasteiger partial charge >= 0.3 is 0 Å². The van der Waals surface area contributed by atoms with Gasteiger partial charge in [0.25, 0.3) is 0 Å². The number of hydrogen-bond acceptors (Lipinski definition) is 8. The van der Waals surface area contributed by atoms with Crippen molar-refractivity contribution >= 4 is 22.6 Å². The second kappa shape index (κ2) is 8.13. The Kier molecular flexibility index (Phi) is 4.53. The highest BCUT2D eigenvalue weighted by molar-refractivity contribution is 5.81. The Morgan fingerprint density at radius 2 is 0.917 bits per heavy atom. The van der Waals surface area contributed by atoms with Crippen molar-refractivity contribution in [1.29, 1.82) is 0 Å². The summed E-state index contributed by atoms with van der Waals surface area (Å²) in [6.07, 6.45) is 9.92. The number of nitrogens with zero attached hydrogens (tertiary/aromatic N) is 10. The van der Waals surface area contributed by atoms with E-state index in [-0.39, 0.29) is 0 Å². The Bertz CT molecular complexity index is 1730. The van der Waals surface area contributed by atoms with Crippen molar-refractivity contribution in [3.8, 4) is 34.2 Å². The van der Waals surface area contributed by atoms with Crippen LogP contribution < -0.4 is 0 Å². The van der Waals surface area contributed by atoms with Crippen LogP contribution in [0.3, 0.4) is 0 Å². The zero-order valence-corrected chi connectivity index (χ0v) is 18.7. The molecule has 0 aliphatic carbocycles. The molecule has 6 aromatic heterocycles. The highest BCUT2D eigenvalue weighted by atomic mass is 15.2. The van der Waals surface area contributed by atoms with Crippen LogP contribution in [0.4, 0.5) is 0 Å². The number of pyridine rings is 2. The largest absolute Gasteiger partial charge is 0.266 e. The zero-order valence-electron chi connectivity index (χ0n) is 18.7. The monoisotopic (exact) mass is 468 g/mol. The van der Waals surface area contributed by atoms with E-state index in [1.54, 1.807) is 37.4 Å². The summed E-state index contributed by atoms with van der Waals surface area (Å²) < 4.78 is 3.66. The predicted octanol–water partition coefficient (Wildman–Crippen LogP) is 4.07. The summed E-state index contributed by atoms with van der Waals surface area (Å²) in [5.41, 5.74) is 5.97. The maximum atomic E-state index is 4.93. The average Bonchev–Trinajstić information content (AvgIpc) is 3.58. The molecule has 0 spiro atoms. The maximum absolute atomic E-state index is 4.93. The molecule has 0 fully saturated rings. The molecule has 0 aliphatic heterocycles. The Hall–Kier alpha value is -5.38. The number of hydrogen-bond donors (Lipinski definition) is 0. The number of rotatable bonds is 4. The van der Waals surface area contributed by atoms with E-state index in [1.165, 1.54) is 0 Å². The molecule has 10 heteroatoms. The average molecular weight is 468 g/mol. The third-order valence-corrected chi connectivity index (χ3v) is 5.81. The minimum absolute atomic E-state index is 0.572. The summed E-state index contributed by atoms with van der Waals surface area (Å²) in [7, 11) is 0. The molecule has 7 aromatic rings. The zero-order chi connectivity index (χ0) is 23.9. The van der Waals surface area contributed by atoms with Gasteiger partial charge in [0.05, 0.1) is 11.4 Å². The molecule has 0 N–H and O–H groups in total. The van der Waals surface area contributed by atoms with Crippen LogP contribution in [-0.2, 0) is 0 Å². The summed E-state index contributed by atoms with van der Waals surface area (Å²) >= 11 is 0. The number of benzene rings is 1. The molecule has 0 saturated heterocycles. The second-order valence-electron chi connectivity index (χ2n) is 7.94. The van der Waals surface area contributed by atoms with E-state index in [9.17, 15) is 0 Å². The molecular formula is C26H16N10. The molecule has 0 aliphatic rings. The van der Waals surface area contributed by atoms with Crippen LogP contribution in [0.2, 0.25) is 0 Å². The van der Waals surface area contributed by atoms with Gasteiger partial charge in [0, 0.05) is 35.9 Å². The highest BCUT2D eigenvalue weighted by Crippen LogP contribution is 2.31. The molecule has 1 aromatic carbocycles. The van der Waals surface area contributed by atoms with Gasteiger partial charge in [-0.25, -0.2) is 39.9 Å². The molecule has 0 radical (unpaired) electrons. The first kappa shape index (κ1) is 20.0. The van der Waals surface area contributed by atoms with Gasteiger partial charge in [-0.1, -0.05) is 36.4 Å². The highest BCUT2D eigenvalue weighted by Gasteiger charge is 2.14. The Labute approximate surface area is 204 Å². The van der Waals surface area contributed by atoms with Crippen LogP contribution in [0.5, 0.6) is 0 Å². The molecular weight excluding hydrogens is 452 g/mol. The molecule has 0 unspecified atom stereocenters. The summed E-state index contributed by atoms with van der Waals surface area (Å²) in [4.78, 5) is 35.9. The first-order valence-electron chi connectivity index (χ1n) is 11.2. The topological polar surface area (TPSA) is 113 Å². The smallest absolute Gasteiger partial charge is 0.197 e. The fourth-order valence-electron chi connectivity index (χ4n) is 4.18. The van der Waals surface area contributed by atoms with E-state index in [1.807, 2.05) is 69.8 Å². The van der Waals surface area contributed by atoms with E-state index in [2.05, 4.69) is 29.9 Å². The van der Waals surface area contributed by atoms with E-state index in [4.69, 9.17) is 9.97 Å². The third-order valence-electron chi connectivity index (χ3n) is 5.81. The Morgan fingerprint density at radius 3 is 1.42 bits per heavy atom. The van der Waals surface area contributed by atoms with Crippen LogP contribution in [-0.4, -0.2) is 49.0 Å². The molecule has 170 valence electrons. The predicted molar refractivity (Wildman–Crippen MR) is 133 cm³/mol. The fourth-order valence-corrected chi connectivity index (χ4v) is 4.18. The SMILES string of the molecule is c1cc(-c2ccccc2-c2cccc(-n3cnc4nccnc43)n2)nc(-n2cnc3nccnc32)c1. The summed E-state index contributed by atoms with van der Waals surface area (Å²) in [6.45, 7) is 0. The van der Waals surface area contributed by atoms with E-state index >= 15 is 0 Å². The lowest BCUT2D eigenvalue weighted by atomic mass is 10.0. The van der Waals surface area contributed by atoms with Crippen LogP contribution in [0.25, 0.3) is 56.7 Å². The second-order valence-corrected chi connectivity index (χ2v) is 7.94. The Balaban J connectivity index is 1.33. The molecule has 36 heavy (non-hydrogen) atoms. The quantitative estimate of drug-likeness (QED) is 0.380. The van der Waals surface area contributed by atoms with Crippen LogP contribution in [0.1, 0.15) is 0 Å². The van der Waals surface area contributed by atoms with Crippen LogP contribution in [0.15, 0.2) is 98.1 Å². The normalized spacial score (nSPS) is 11.3. The third kappa shape index (κ3) is 3.28. The van der Waals surface area contributed by atoms with Gasteiger partial charge in [-0.2, -0.15) is 0 Å². The van der Waals surface area contributed by atoms with Crippen molar-refractivity contribution in [2.75, 3.05) is 0 Å². The van der Waals surface area contributed by atoms with Gasteiger partial charge in [-0.15, -0.1) is 0 Å². The van der Waals surface area contributed by atoms with Crippen molar-refractivity contribution in [2.45, 2.75) is 0 Å². The van der Waals surface area contributed by atoms with Gasteiger partial charge in [-0.3, -0.25) is 9.13 Å². The first-order valence-corrected chi connectivity index (χ1v) is 11.2. The van der Waals surface area contributed by atoms with Crippen molar-refractivity contribution in [2.24, 2.45) is 0 Å². The summed E-state index contributed by atoms with van der Waals surface area (Å²) in [5, 5.41) is 0. The van der Waals surface area contributed by atoms with E-state index in [0.717, 1.165) is 22.5 Å². The lowest BCUT2D eigenvalue weighted by Gasteiger charge is -2.12. The van der Waals surface area contributed by atoms with Crippen LogP contribution in [0, 0.1) is 0 Å². The number of aromatic nitrogens is 10. The minimum Gasteiger partial charge on any atom is -0.266 e. The van der Waals surface area contributed by atoms with Gasteiger partial charge in [0.2, 0.25) is 0 Å². The molecule has 0 bridgehead atoms. The van der Waals surface area contributed by atoms with Gasteiger partial charge < -0.3 is 0 Å². The van der Waals surface area contributed by atoms with E-state index in [0.29, 0.717) is 34.2 Å². The number of fused-ring (bicyclic) bond motifs is 2. The lowest BCUT2D eigenvalue weighted by molar-refractivity contribution is 1.00. The van der Waals surface area contributed by atoms with Crippen molar-refractivity contribution in [3.63, 3.8) is 0 Å². The minimum atomic E-state index is 0.572. The van der Waals surface area contributed by atoms with Crippen molar-refractivity contribution in [3.05, 3.63) is 98.1 Å². The summed E-state index contributed by atoms with van der Waals surface area (Å²) in [5.74, 6) is 1.41. The molecule has 0 amide bonds. The molecule has 10 nitrogen and oxygen atoms in total. The number of imidazole rings is 2. The fraction of sp³-hybridized carbons (Fsp3) is 0. The van der Waals surface area contributed by atoms with Crippen LogP contribution >= 0.6 is 0 Å².